The molecule has 0 bridgehead atoms. The van der Waals surface area contributed by atoms with Gasteiger partial charge in [0.2, 0.25) is 10.0 Å². The molecule has 0 unspecified atom stereocenters. The van der Waals surface area contributed by atoms with Crippen molar-refractivity contribution in [3.05, 3.63) is 99.6 Å². The molecule has 0 spiro atoms. The summed E-state index contributed by atoms with van der Waals surface area (Å²) >= 11 is 6.09. The molecule has 0 saturated heterocycles. The van der Waals surface area contributed by atoms with Crippen molar-refractivity contribution in [2.45, 2.75) is 32.2 Å². The Bertz CT molecular complexity index is 1250. The van der Waals surface area contributed by atoms with E-state index in [0.29, 0.717) is 21.7 Å². The SMILES string of the molecule is Cc1cc(C)c(S(=O)(=O)N(CC(=O)N/N=C\c2ccccc2Cl)Cc2ccccc2)c(C)c1. The molecule has 0 aromatic heterocycles. The molecular weight excluding hydrogens is 458 g/mol. The van der Waals surface area contributed by atoms with Crippen LogP contribution in [0.3, 0.4) is 0 Å². The van der Waals surface area contributed by atoms with Gasteiger partial charge in [0.1, 0.15) is 0 Å². The predicted molar refractivity (Wildman–Crippen MR) is 132 cm³/mol. The second-order valence-corrected chi connectivity index (χ2v) is 10.1. The summed E-state index contributed by atoms with van der Waals surface area (Å²) in [6, 6.07) is 19.9. The molecule has 0 radical (unpaired) electrons. The highest BCUT2D eigenvalue weighted by atomic mass is 35.5. The van der Waals surface area contributed by atoms with Gasteiger partial charge in [0.25, 0.3) is 5.91 Å². The number of halogens is 1. The Kier molecular flexibility index (Phi) is 8.02. The molecule has 0 heterocycles. The maximum Gasteiger partial charge on any atom is 0.255 e. The monoisotopic (exact) mass is 483 g/mol. The van der Waals surface area contributed by atoms with Crippen molar-refractivity contribution in [3.8, 4) is 0 Å². The zero-order valence-electron chi connectivity index (χ0n) is 18.7. The number of sulfonamides is 1. The smallest absolute Gasteiger partial charge is 0.255 e. The second kappa shape index (κ2) is 10.7. The fourth-order valence-electron chi connectivity index (χ4n) is 3.66. The third-order valence-corrected chi connectivity index (χ3v) is 7.46. The van der Waals surface area contributed by atoms with E-state index in [-0.39, 0.29) is 18.0 Å². The van der Waals surface area contributed by atoms with Gasteiger partial charge in [-0.2, -0.15) is 9.41 Å². The first kappa shape index (κ1) is 24.6. The van der Waals surface area contributed by atoms with Crippen molar-refractivity contribution in [1.29, 1.82) is 0 Å². The highest BCUT2D eigenvalue weighted by Crippen LogP contribution is 2.26. The van der Waals surface area contributed by atoms with Gasteiger partial charge in [0, 0.05) is 17.1 Å². The molecule has 0 atom stereocenters. The van der Waals surface area contributed by atoms with Crippen LogP contribution in [0, 0.1) is 20.8 Å². The minimum atomic E-state index is -3.96. The van der Waals surface area contributed by atoms with E-state index in [1.165, 1.54) is 10.5 Å². The molecule has 0 aliphatic carbocycles. The van der Waals surface area contributed by atoms with Crippen molar-refractivity contribution >= 4 is 33.7 Å². The lowest BCUT2D eigenvalue weighted by atomic mass is 10.1. The summed E-state index contributed by atoms with van der Waals surface area (Å²) in [6.07, 6.45) is 1.42. The highest BCUT2D eigenvalue weighted by molar-refractivity contribution is 7.89. The van der Waals surface area contributed by atoms with Crippen LogP contribution in [0.25, 0.3) is 0 Å². The minimum Gasteiger partial charge on any atom is -0.272 e. The van der Waals surface area contributed by atoms with Crippen molar-refractivity contribution in [2.75, 3.05) is 6.54 Å². The van der Waals surface area contributed by atoms with Gasteiger partial charge in [-0.1, -0.05) is 77.8 Å². The summed E-state index contributed by atoms with van der Waals surface area (Å²) in [6.45, 7) is 5.12. The van der Waals surface area contributed by atoms with Gasteiger partial charge in [-0.15, -0.1) is 0 Å². The number of nitrogens with zero attached hydrogens (tertiary/aromatic N) is 2. The molecule has 3 rings (SSSR count). The summed E-state index contributed by atoms with van der Waals surface area (Å²) in [5, 5.41) is 4.43. The van der Waals surface area contributed by atoms with Crippen LogP contribution in [-0.2, 0) is 21.4 Å². The van der Waals surface area contributed by atoms with Gasteiger partial charge >= 0.3 is 0 Å². The zero-order valence-corrected chi connectivity index (χ0v) is 20.3. The number of rotatable bonds is 8. The molecule has 8 heteroatoms. The first-order chi connectivity index (χ1) is 15.7. The van der Waals surface area contributed by atoms with Gasteiger partial charge in [-0.05, 0) is 43.5 Å². The third kappa shape index (κ3) is 6.28. The van der Waals surface area contributed by atoms with Crippen molar-refractivity contribution in [2.24, 2.45) is 5.10 Å². The number of carbonyl (C=O) groups is 1. The Balaban J connectivity index is 1.87. The standard InChI is InChI=1S/C25H26ClN3O3S/c1-18-13-19(2)25(20(3)14-18)33(31,32)29(16-21-9-5-4-6-10-21)17-24(30)28-27-15-22-11-7-8-12-23(22)26/h4-15H,16-17H2,1-3H3,(H,28,30)/b27-15-. The van der Waals surface area contributed by atoms with E-state index >= 15 is 0 Å². The van der Waals surface area contributed by atoms with Gasteiger partial charge in [-0.25, -0.2) is 13.8 Å². The molecule has 0 aliphatic rings. The van der Waals surface area contributed by atoms with E-state index in [1.807, 2.05) is 49.4 Å². The molecular formula is C25H26ClN3O3S. The number of nitrogens with one attached hydrogen (secondary N) is 1. The van der Waals surface area contributed by atoms with Crippen LogP contribution >= 0.6 is 11.6 Å². The number of benzene rings is 3. The number of aryl methyl sites for hydroxylation is 3. The fraction of sp³-hybridized carbons (Fsp3) is 0.200. The van der Waals surface area contributed by atoms with E-state index in [9.17, 15) is 13.2 Å². The van der Waals surface area contributed by atoms with Crippen LogP contribution in [0.1, 0.15) is 27.8 Å². The van der Waals surface area contributed by atoms with Crippen molar-refractivity contribution in [3.63, 3.8) is 0 Å². The molecule has 0 saturated carbocycles. The fourth-order valence-corrected chi connectivity index (χ4v) is 5.65. The molecule has 0 fully saturated rings. The number of hydrazone groups is 1. The quantitative estimate of drug-likeness (QED) is 0.375. The molecule has 1 amide bonds. The van der Waals surface area contributed by atoms with Crippen LogP contribution in [0.15, 0.2) is 76.7 Å². The van der Waals surface area contributed by atoms with Crippen molar-refractivity contribution < 1.29 is 13.2 Å². The van der Waals surface area contributed by atoms with Crippen LogP contribution in [0.2, 0.25) is 5.02 Å². The minimum absolute atomic E-state index is 0.0532. The van der Waals surface area contributed by atoms with Crippen LogP contribution < -0.4 is 5.43 Å². The lowest BCUT2D eigenvalue weighted by molar-refractivity contribution is -0.121. The zero-order chi connectivity index (χ0) is 24.0. The Hall–Kier alpha value is -3.00. The number of hydrogen-bond acceptors (Lipinski definition) is 4. The summed E-state index contributed by atoms with van der Waals surface area (Å²) < 4.78 is 28.5. The van der Waals surface area contributed by atoms with Crippen molar-refractivity contribution in [1.82, 2.24) is 9.73 Å². The molecule has 0 aliphatic heterocycles. The maximum absolute atomic E-state index is 13.7. The highest BCUT2D eigenvalue weighted by Gasteiger charge is 2.29. The average Bonchev–Trinajstić information content (AvgIpc) is 2.74. The normalized spacial score (nSPS) is 11.8. The lowest BCUT2D eigenvalue weighted by Gasteiger charge is -2.24. The molecule has 6 nitrogen and oxygen atoms in total. The van der Waals surface area contributed by atoms with Crippen LogP contribution in [-0.4, -0.2) is 31.4 Å². The van der Waals surface area contributed by atoms with Crippen LogP contribution in [0.5, 0.6) is 0 Å². The molecule has 3 aromatic carbocycles. The Morgan fingerprint density at radius 2 is 1.61 bits per heavy atom. The molecule has 33 heavy (non-hydrogen) atoms. The average molecular weight is 484 g/mol. The molecule has 3 aromatic rings. The Labute approximate surface area is 200 Å². The van der Waals surface area contributed by atoms with Gasteiger partial charge in [0.05, 0.1) is 17.7 Å². The van der Waals surface area contributed by atoms with E-state index in [0.717, 1.165) is 11.1 Å². The van der Waals surface area contributed by atoms with Crippen LogP contribution in [0.4, 0.5) is 0 Å². The van der Waals surface area contributed by atoms with E-state index in [2.05, 4.69) is 10.5 Å². The van der Waals surface area contributed by atoms with Gasteiger partial charge < -0.3 is 0 Å². The first-order valence-corrected chi connectivity index (χ1v) is 12.2. The summed E-state index contributed by atoms with van der Waals surface area (Å²) in [5.74, 6) is -0.555. The maximum atomic E-state index is 13.7. The Morgan fingerprint density at radius 1 is 1.00 bits per heavy atom. The van der Waals surface area contributed by atoms with Gasteiger partial charge in [0.15, 0.2) is 0 Å². The van der Waals surface area contributed by atoms with E-state index < -0.39 is 15.9 Å². The van der Waals surface area contributed by atoms with Gasteiger partial charge in [-0.3, -0.25) is 4.79 Å². The largest absolute Gasteiger partial charge is 0.272 e. The third-order valence-electron chi connectivity index (χ3n) is 5.02. The Morgan fingerprint density at radius 3 is 2.24 bits per heavy atom. The lowest BCUT2D eigenvalue weighted by Crippen LogP contribution is -2.39. The van der Waals surface area contributed by atoms with E-state index in [4.69, 9.17) is 11.6 Å². The van der Waals surface area contributed by atoms with E-state index in [1.54, 1.807) is 38.1 Å². The first-order valence-electron chi connectivity index (χ1n) is 10.4. The molecule has 172 valence electrons. The number of carbonyl (C=O) groups excluding carboxylic acids is 1. The summed E-state index contributed by atoms with van der Waals surface area (Å²) in [5.41, 5.74) is 6.07. The number of amides is 1. The predicted octanol–water partition coefficient (Wildman–Crippen LogP) is 4.61. The molecule has 1 N–H and O–H groups in total. The summed E-state index contributed by atoms with van der Waals surface area (Å²) in [4.78, 5) is 12.9. The topological polar surface area (TPSA) is 78.8 Å². The number of hydrogen-bond donors (Lipinski definition) is 1. The summed E-state index contributed by atoms with van der Waals surface area (Å²) in [7, 11) is -3.96. The second-order valence-electron chi connectivity index (χ2n) is 7.80.